The van der Waals surface area contributed by atoms with Crippen molar-refractivity contribution in [3.8, 4) is 0 Å². The van der Waals surface area contributed by atoms with E-state index in [9.17, 15) is 8.78 Å². The van der Waals surface area contributed by atoms with E-state index in [1.54, 1.807) is 18.2 Å². The van der Waals surface area contributed by atoms with Crippen LogP contribution in [0.3, 0.4) is 0 Å². The van der Waals surface area contributed by atoms with Crippen molar-refractivity contribution in [2.24, 2.45) is 0 Å². The van der Waals surface area contributed by atoms with Crippen molar-refractivity contribution in [1.29, 1.82) is 0 Å². The zero-order valence-electron chi connectivity index (χ0n) is 10.7. The summed E-state index contributed by atoms with van der Waals surface area (Å²) in [7, 11) is 0. The number of alkyl halides is 2. The first-order valence-corrected chi connectivity index (χ1v) is 7.27. The van der Waals surface area contributed by atoms with Crippen LogP contribution >= 0.6 is 23.3 Å². The third kappa shape index (κ3) is 2.96. The second-order valence-corrected chi connectivity index (χ2v) is 5.39. The fraction of sp³-hybridized carbons (Fsp3) is 0.143. The summed E-state index contributed by atoms with van der Waals surface area (Å²) in [6.45, 7) is 0.472. The lowest BCUT2D eigenvalue weighted by Gasteiger charge is -2.09. The third-order valence-electron chi connectivity index (χ3n) is 3.08. The molecular weight excluding hydrogens is 316 g/mol. The highest BCUT2D eigenvalue weighted by Gasteiger charge is 2.10. The third-order valence-corrected chi connectivity index (χ3v) is 3.94. The Kier molecular flexibility index (Phi) is 3.98. The molecule has 0 saturated heterocycles. The first-order valence-electron chi connectivity index (χ1n) is 6.17. The monoisotopic (exact) mass is 325 g/mol. The molecule has 7 heteroatoms. The first-order chi connectivity index (χ1) is 10.1. The number of aromatic nitrogens is 2. The van der Waals surface area contributed by atoms with E-state index >= 15 is 0 Å². The molecule has 2 aromatic carbocycles. The van der Waals surface area contributed by atoms with Gasteiger partial charge in [0, 0.05) is 12.1 Å². The normalized spacial score (nSPS) is 11.2. The molecule has 3 nitrogen and oxygen atoms in total. The molecule has 0 aliphatic carbocycles. The summed E-state index contributed by atoms with van der Waals surface area (Å²) in [6.07, 6.45) is -2.45. The van der Waals surface area contributed by atoms with Crippen molar-refractivity contribution in [2.75, 3.05) is 5.32 Å². The largest absolute Gasteiger partial charge is 0.378 e. The Hall–Kier alpha value is -1.79. The van der Waals surface area contributed by atoms with Crippen molar-refractivity contribution in [2.45, 2.75) is 13.0 Å². The number of nitrogens with one attached hydrogen (secondary N) is 1. The molecule has 3 rings (SSSR count). The van der Waals surface area contributed by atoms with Gasteiger partial charge in [0.1, 0.15) is 11.0 Å². The second-order valence-electron chi connectivity index (χ2n) is 4.45. The summed E-state index contributed by atoms with van der Waals surface area (Å²) in [6, 6.07) is 9.75. The van der Waals surface area contributed by atoms with Crippen molar-refractivity contribution >= 4 is 40.0 Å². The Balaban J connectivity index is 1.80. The van der Waals surface area contributed by atoms with Crippen LogP contribution in [0.1, 0.15) is 17.6 Å². The summed E-state index contributed by atoms with van der Waals surface area (Å²) in [5.74, 6) is 0. The number of hydrogen-bond donors (Lipinski definition) is 1. The first kappa shape index (κ1) is 14.2. The SMILES string of the molecule is FC(F)c1ccc(CNc2c(Cl)ccc3nsnc23)cc1. The summed E-state index contributed by atoms with van der Waals surface area (Å²) in [4.78, 5) is 0. The Bertz CT molecular complexity index is 759. The van der Waals surface area contributed by atoms with Gasteiger partial charge in [-0.3, -0.25) is 0 Å². The van der Waals surface area contributed by atoms with Crippen LogP contribution in [-0.2, 0) is 6.54 Å². The average Bonchev–Trinajstić information content (AvgIpc) is 2.95. The summed E-state index contributed by atoms with van der Waals surface area (Å²) in [5, 5.41) is 3.75. The average molecular weight is 326 g/mol. The topological polar surface area (TPSA) is 37.8 Å². The van der Waals surface area contributed by atoms with E-state index in [1.165, 1.54) is 12.1 Å². The maximum Gasteiger partial charge on any atom is 0.263 e. The van der Waals surface area contributed by atoms with E-state index in [0.717, 1.165) is 28.3 Å². The molecule has 0 atom stereocenters. The second kappa shape index (κ2) is 5.91. The number of nitrogens with zero attached hydrogens (tertiary/aromatic N) is 2. The van der Waals surface area contributed by atoms with Gasteiger partial charge >= 0.3 is 0 Å². The van der Waals surface area contributed by atoms with Gasteiger partial charge in [-0.25, -0.2) is 8.78 Å². The smallest absolute Gasteiger partial charge is 0.263 e. The van der Waals surface area contributed by atoms with E-state index in [4.69, 9.17) is 11.6 Å². The molecule has 108 valence electrons. The number of anilines is 1. The van der Waals surface area contributed by atoms with Gasteiger partial charge in [0.2, 0.25) is 0 Å². The van der Waals surface area contributed by atoms with Gasteiger partial charge in [-0.1, -0.05) is 35.9 Å². The molecule has 1 N–H and O–H groups in total. The van der Waals surface area contributed by atoms with Crippen LogP contribution in [-0.4, -0.2) is 8.75 Å². The highest BCUT2D eigenvalue weighted by atomic mass is 35.5. The lowest BCUT2D eigenvalue weighted by atomic mass is 10.1. The maximum atomic E-state index is 12.5. The standard InChI is InChI=1S/C14H10ClF2N3S/c15-10-5-6-11-13(20-21-19-11)12(10)18-7-8-1-3-9(4-2-8)14(16)17/h1-6,14,18H,7H2. The van der Waals surface area contributed by atoms with Crippen molar-refractivity contribution in [3.05, 3.63) is 52.5 Å². The minimum Gasteiger partial charge on any atom is -0.378 e. The number of hydrogen-bond acceptors (Lipinski definition) is 4. The molecule has 0 amide bonds. The molecule has 0 unspecified atom stereocenters. The molecule has 0 aliphatic rings. The maximum absolute atomic E-state index is 12.5. The van der Waals surface area contributed by atoms with Crippen LogP contribution in [0.5, 0.6) is 0 Å². The Morgan fingerprint density at radius 1 is 1.10 bits per heavy atom. The lowest BCUT2D eigenvalue weighted by molar-refractivity contribution is 0.151. The predicted molar refractivity (Wildman–Crippen MR) is 81.2 cm³/mol. The van der Waals surface area contributed by atoms with Gasteiger partial charge in [-0.2, -0.15) is 8.75 Å². The molecule has 0 fully saturated rings. The molecule has 0 bridgehead atoms. The summed E-state index contributed by atoms with van der Waals surface area (Å²) < 4.78 is 33.4. The molecule has 21 heavy (non-hydrogen) atoms. The number of halogens is 3. The van der Waals surface area contributed by atoms with Crippen LogP contribution in [0.15, 0.2) is 36.4 Å². The highest BCUT2D eigenvalue weighted by Crippen LogP contribution is 2.30. The van der Waals surface area contributed by atoms with E-state index in [1.807, 2.05) is 6.07 Å². The summed E-state index contributed by atoms with van der Waals surface area (Å²) in [5.41, 5.74) is 3.11. The van der Waals surface area contributed by atoms with E-state index < -0.39 is 6.43 Å². The Labute approximate surface area is 128 Å². The molecule has 0 spiro atoms. The Morgan fingerprint density at radius 3 is 2.57 bits per heavy atom. The van der Waals surface area contributed by atoms with Crippen molar-refractivity contribution in [1.82, 2.24) is 8.75 Å². The minimum absolute atomic E-state index is 0.0163. The number of benzene rings is 2. The zero-order chi connectivity index (χ0) is 14.8. The molecule has 1 heterocycles. The molecule has 0 aliphatic heterocycles. The molecule has 0 saturated carbocycles. The number of fused-ring (bicyclic) bond motifs is 1. The van der Waals surface area contributed by atoms with Gasteiger partial charge in [0.05, 0.1) is 22.4 Å². The van der Waals surface area contributed by atoms with Crippen molar-refractivity contribution in [3.63, 3.8) is 0 Å². The van der Waals surface area contributed by atoms with Crippen LogP contribution < -0.4 is 5.32 Å². The lowest BCUT2D eigenvalue weighted by Crippen LogP contribution is -2.01. The fourth-order valence-corrected chi connectivity index (χ4v) is 2.73. The van der Waals surface area contributed by atoms with Gasteiger partial charge in [-0.05, 0) is 17.7 Å². The predicted octanol–water partition coefficient (Wildman–Crippen LogP) is 4.89. The molecular formula is C14H10ClF2N3S. The fourth-order valence-electron chi connectivity index (χ4n) is 1.97. The van der Waals surface area contributed by atoms with Crippen LogP contribution in [0.25, 0.3) is 11.0 Å². The van der Waals surface area contributed by atoms with E-state index in [0.29, 0.717) is 17.3 Å². The Morgan fingerprint density at radius 2 is 1.86 bits per heavy atom. The van der Waals surface area contributed by atoms with Crippen molar-refractivity contribution < 1.29 is 8.78 Å². The molecule has 3 aromatic rings. The van der Waals surface area contributed by atoms with E-state index in [-0.39, 0.29) is 5.56 Å². The number of rotatable bonds is 4. The van der Waals surface area contributed by atoms with Gasteiger partial charge in [0.15, 0.2) is 0 Å². The molecule has 0 radical (unpaired) electrons. The van der Waals surface area contributed by atoms with Gasteiger partial charge in [-0.15, -0.1) is 0 Å². The quantitative estimate of drug-likeness (QED) is 0.741. The summed E-state index contributed by atoms with van der Waals surface area (Å²) >= 11 is 7.29. The van der Waals surface area contributed by atoms with Crippen LogP contribution in [0.4, 0.5) is 14.5 Å². The zero-order valence-corrected chi connectivity index (χ0v) is 12.3. The van der Waals surface area contributed by atoms with Crippen LogP contribution in [0.2, 0.25) is 5.02 Å². The minimum atomic E-state index is -2.45. The van der Waals surface area contributed by atoms with Crippen LogP contribution in [0, 0.1) is 0 Å². The molecule has 1 aromatic heterocycles. The van der Waals surface area contributed by atoms with Gasteiger partial charge < -0.3 is 5.32 Å². The van der Waals surface area contributed by atoms with E-state index in [2.05, 4.69) is 14.1 Å². The van der Waals surface area contributed by atoms with Gasteiger partial charge in [0.25, 0.3) is 6.43 Å². The highest BCUT2D eigenvalue weighted by molar-refractivity contribution is 7.00.